The van der Waals surface area contributed by atoms with Crippen LogP contribution < -0.4 is 0 Å². The largest absolute Gasteiger partial charge is 0.375 e. The van der Waals surface area contributed by atoms with Crippen LogP contribution in [0.1, 0.15) is 85.0 Å². The summed E-state index contributed by atoms with van der Waals surface area (Å²) in [6.45, 7) is 8.89. The molecule has 2 saturated carbocycles. The van der Waals surface area contributed by atoms with Gasteiger partial charge in [-0.05, 0) is 62.2 Å². The predicted molar refractivity (Wildman–Crippen MR) is 97.8 cm³/mol. The lowest BCUT2D eigenvalue weighted by Crippen LogP contribution is -2.42. The number of nitrogens with zero attached hydrogens (tertiary/aromatic N) is 1. The number of amides is 1. The molecule has 3 aliphatic rings. The van der Waals surface area contributed by atoms with Crippen molar-refractivity contribution in [1.29, 1.82) is 0 Å². The summed E-state index contributed by atoms with van der Waals surface area (Å²) in [5, 5.41) is 0. The molecular formula is C21H37NO2. The van der Waals surface area contributed by atoms with Crippen LogP contribution in [0.2, 0.25) is 0 Å². The number of hydrogen-bond donors (Lipinski definition) is 0. The van der Waals surface area contributed by atoms with Gasteiger partial charge in [-0.3, -0.25) is 4.79 Å². The van der Waals surface area contributed by atoms with Crippen molar-refractivity contribution in [2.45, 2.75) is 97.2 Å². The van der Waals surface area contributed by atoms with E-state index in [0.29, 0.717) is 29.4 Å². The molecule has 0 aromatic rings. The zero-order valence-corrected chi connectivity index (χ0v) is 16.1. The lowest BCUT2D eigenvalue weighted by molar-refractivity contribution is -0.136. The molecule has 0 N–H and O–H groups in total. The minimum absolute atomic E-state index is 0.393. The minimum atomic E-state index is 0.393. The molecule has 1 saturated heterocycles. The predicted octanol–water partition coefficient (Wildman–Crippen LogP) is 4.79. The third kappa shape index (κ3) is 4.97. The summed E-state index contributed by atoms with van der Waals surface area (Å²) in [4.78, 5) is 14.8. The van der Waals surface area contributed by atoms with Gasteiger partial charge in [-0.2, -0.15) is 0 Å². The molecule has 0 radical (unpaired) electrons. The van der Waals surface area contributed by atoms with Gasteiger partial charge >= 0.3 is 0 Å². The summed E-state index contributed by atoms with van der Waals surface area (Å²) in [5.41, 5.74) is 0.407. The number of carbonyl (C=O) groups is 1. The van der Waals surface area contributed by atoms with Gasteiger partial charge in [-0.15, -0.1) is 0 Å². The average Bonchev–Trinajstić information content (AvgIpc) is 2.98. The van der Waals surface area contributed by atoms with Gasteiger partial charge < -0.3 is 9.64 Å². The fourth-order valence-electron chi connectivity index (χ4n) is 5.61. The molecule has 24 heavy (non-hydrogen) atoms. The van der Waals surface area contributed by atoms with E-state index in [9.17, 15) is 4.79 Å². The van der Waals surface area contributed by atoms with Gasteiger partial charge in [0.15, 0.2) is 0 Å². The van der Waals surface area contributed by atoms with Crippen LogP contribution in [-0.2, 0) is 9.53 Å². The Kier molecular flexibility index (Phi) is 5.89. The van der Waals surface area contributed by atoms with Crippen LogP contribution in [0.3, 0.4) is 0 Å². The molecule has 1 aliphatic heterocycles. The molecule has 3 heteroatoms. The maximum Gasteiger partial charge on any atom is 0.222 e. The van der Waals surface area contributed by atoms with E-state index in [4.69, 9.17) is 4.74 Å². The quantitative estimate of drug-likeness (QED) is 0.739. The average molecular weight is 336 g/mol. The molecule has 0 aromatic carbocycles. The third-order valence-electron chi connectivity index (χ3n) is 6.42. The van der Waals surface area contributed by atoms with Crippen LogP contribution >= 0.6 is 0 Å². The highest BCUT2D eigenvalue weighted by molar-refractivity contribution is 5.76. The van der Waals surface area contributed by atoms with Crippen molar-refractivity contribution in [2.24, 2.45) is 17.3 Å². The van der Waals surface area contributed by atoms with Crippen LogP contribution in [-0.4, -0.2) is 36.1 Å². The Balaban J connectivity index is 1.41. The van der Waals surface area contributed by atoms with E-state index >= 15 is 0 Å². The zero-order valence-electron chi connectivity index (χ0n) is 16.1. The second-order valence-electron chi connectivity index (χ2n) is 9.61. The molecule has 0 spiro atoms. The normalized spacial score (nSPS) is 32.2. The van der Waals surface area contributed by atoms with Crippen LogP contribution in [0, 0.1) is 17.3 Å². The zero-order chi connectivity index (χ0) is 17.2. The molecule has 3 nitrogen and oxygen atoms in total. The standard InChI is InChI=1S/C21H37NO2/c1-16-12-17(15-21(2,3)14-16)13-20(23)22-10-8-19(9-11-22)24-18-6-4-5-7-18/h16-19H,4-15H2,1-3H3/t16-,17+/m1/s1. The number of carbonyl (C=O) groups excluding carboxylic acids is 1. The van der Waals surface area contributed by atoms with Gasteiger partial charge in [0.05, 0.1) is 12.2 Å². The number of ether oxygens (including phenoxy) is 1. The van der Waals surface area contributed by atoms with Gasteiger partial charge in [-0.1, -0.05) is 33.6 Å². The lowest BCUT2D eigenvalue weighted by atomic mass is 9.67. The molecule has 0 unspecified atom stereocenters. The van der Waals surface area contributed by atoms with Gasteiger partial charge in [0.2, 0.25) is 5.91 Å². The van der Waals surface area contributed by atoms with Crippen molar-refractivity contribution >= 4 is 5.91 Å². The molecule has 3 rings (SSSR count). The third-order valence-corrected chi connectivity index (χ3v) is 6.42. The first-order valence-electron chi connectivity index (χ1n) is 10.3. The molecular weight excluding hydrogens is 298 g/mol. The maximum atomic E-state index is 12.7. The highest BCUT2D eigenvalue weighted by Crippen LogP contribution is 2.43. The van der Waals surface area contributed by atoms with E-state index in [1.165, 1.54) is 44.9 Å². The Morgan fingerprint density at radius 2 is 1.67 bits per heavy atom. The molecule has 3 fully saturated rings. The summed E-state index contributed by atoms with van der Waals surface area (Å²) in [7, 11) is 0. The van der Waals surface area contributed by atoms with Crippen molar-refractivity contribution in [3.05, 3.63) is 0 Å². The van der Waals surface area contributed by atoms with Crippen molar-refractivity contribution in [3.63, 3.8) is 0 Å². The second kappa shape index (κ2) is 7.76. The summed E-state index contributed by atoms with van der Waals surface area (Å²) in [5.74, 6) is 1.74. The highest BCUT2D eigenvalue weighted by atomic mass is 16.5. The van der Waals surface area contributed by atoms with E-state index in [-0.39, 0.29) is 0 Å². The molecule has 1 amide bonds. The van der Waals surface area contributed by atoms with Gasteiger partial charge in [0, 0.05) is 19.5 Å². The maximum absolute atomic E-state index is 12.7. The Bertz CT molecular complexity index is 420. The van der Waals surface area contributed by atoms with Crippen molar-refractivity contribution < 1.29 is 9.53 Å². The molecule has 0 aromatic heterocycles. The fourth-order valence-corrected chi connectivity index (χ4v) is 5.61. The van der Waals surface area contributed by atoms with Crippen molar-refractivity contribution in [1.82, 2.24) is 4.90 Å². The topological polar surface area (TPSA) is 29.5 Å². The molecule has 1 heterocycles. The fraction of sp³-hybridized carbons (Fsp3) is 0.952. The summed E-state index contributed by atoms with van der Waals surface area (Å²) in [6, 6.07) is 0. The van der Waals surface area contributed by atoms with Crippen molar-refractivity contribution in [2.75, 3.05) is 13.1 Å². The summed E-state index contributed by atoms with van der Waals surface area (Å²) < 4.78 is 6.23. The van der Waals surface area contributed by atoms with Crippen molar-refractivity contribution in [3.8, 4) is 0 Å². The van der Waals surface area contributed by atoms with Gasteiger partial charge in [-0.25, -0.2) is 0 Å². The van der Waals surface area contributed by atoms with E-state index in [1.807, 2.05) is 0 Å². The molecule has 138 valence electrons. The summed E-state index contributed by atoms with van der Waals surface area (Å²) >= 11 is 0. The van der Waals surface area contributed by atoms with Gasteiger partial charge in [0.25, 0.3) is 0 Å². The molecule has 2 atom stereocenters. The Hall–Kier alpha value is -0.570. The Morgan fingerprint density at radius 3 is 2.29 bits per heavy atom. The minimum Gasteiger partial charge on any atom is -0.375 e. The van der Waals surface area contributed by atoms with E-state index < -0.39 is 0 Å². The molecule has 0 bridgehead atoms. The first kappa shape index (κ1) is 18.2. The number of hydrogen-bond acceptors (Lipinski definition) is 2. The smallest absolute Gasteiger partial charge is 0.222 e. The number of likely N-dealkylation sites (tertiary alicyclic amines) is 1. The van der Waals surface area contributed by atoms with Crippen LogP contribution in [0.25, 0.3) is 0 Å². The van der Waals surface area contributed by atoms with E-state index in [1.54, 1.807) is 0 Å². The van der Waals surface area contributed by atoms with Crippen LogP contribution in [0.5, 0.6) is 0 Å². The van der Waals surface area contributed by atoms with E-state index in [2.05, 4.69) is 25.7 Å². The SMILES string of the molecule is C[C@@H]1C[C@@H](CC(=O)N2CCC(OC3CCCC3)CC2)CC(C)(C)C1. The second-order valence-corrected chi connectivity index (χ2v) is 9.61. The monoisotopic (exact) mass is 335 g/mol. The lowest BCUT2D eigenvalue weighted by Gasteiger charge is -2.40. The Morgan fingerprint density at radius 1 is 1.04 bits per heavy atom. The van der Waals surface area contributed by atoms with Crippen LogP contribution in [0.4, 0.5) is 0 Å². The first-order chi connectivity index (χ1) is 11.4. The summed E-state index contributed by atoms with van der Waals surface area (Å²) in [6.07, 6.45) is 12.6. The molecule has 2 aliphatic carbocycles. The number of rotatable bonds is 4. The Labute approximate surface area is 148 Å². The van der Waals surface area contributed by atoms with E-state index in [0.717, 1.165) is 38.3 Å². The highest BCUT2D eigenvalue weighted by Gasteiger charge is 2.34. The number of piperidine rings is 1. The van der Waals surface area contributed by atoms with Crippen LogP contribution in [0.15, 0.2) is 0 Å². The first-order valence-corrected chi connectivity index (χ1v) is 10.3. The van der Waals surface area contributed by atoms with Gasteiger partial charge in [0.1, 0.15) is 0 Å².